The highest BCUT2D eigenvalue weighted by Gasteiger charge is 2.47. The van der Waals surface area contributed by atoms with E-state index in [4.69, 9.17) is 0 Å². The smallest absolute Gasteiger partial charge is 0.234 e. The Morgan fingerprint density at radius 1 is 0.958 bits per heavy atom. The molecule has 0 N–H and O–H groups in total. The van der Waals surface area contributed by atoms with E-state index in [1.807, 2.05) is 18.2 Å². The van der Waals surface area contributed by atoms with Crippen LogP contribution in [0, 0.1) is 11.8 Å². The van der Waals surface area contributed by atoms with E-state index >= 15 is 0 Å². The monoisotopic (exact) mass is 322 g/mol. The van der Waals surface area contributed by atoms with Crippen molar-refractivity contribution in [1.29, 1.82) is 0 Å². The highest BCUT2D eigenvalue weighted by atomic mass is 16.2. The van der Waals surface area contributed by atoms with Gasteiger partial charge in [-0.1, -0.05) is 48.6 Å². The van der Waals surface area contributed by atoms with Gasteiger partial charge in [0.2, 0.25) is 11.8 Å². The number of fused-ring (bicyclic) bond motifs is 1. The number of rotatable bonds is 3. The molecule has 1 fully saturated rings. The summed E-state index contributed by atoms with van der Waals surface area (Å²) in [4.78, 5) is 28.8. The number of carbonyl (C=O) groups is 2. The maximum absolute atomic E-state index is 12.5. The van der Waals surface area contributed by atoms with E-state index in [2.05, 4.69) is 35.2 Å². The quantitative estimate of drug-likeness (QED) is 0.634. The Labute approximate surface area is 142 Å². The van der Waals surface area contributed by atoms with Crippen molar-refractivity contribution in [2.45, 2.75) is 19.3 Å². The summed E-state index contributed by atoms with van der Waals surface area (Å²) in [6.07, 6.45) is 8.66. The van der Waals surface area contributed by atoms with Crippen LogP contribution in [0.25, 0.3) is 5.57 Å². The summed E-state index contributed by atoms with van der Waals surface area (Å²) in [5.74, 6) is -0.204. The van der Waals surface area contributed by atoms with Gasteiger partial charge in [-0.2, -0.15) is 0 Å². The lowest BCUT2D eigenvalue weighted by atomic mass is 9.85. The molecule has 2 aliphatic heterocycles. The molecule has 0 radical (unpaired) electrons. The van der Waals surface area contributed by atoms with Crippen molar-refractivity contribution in [2.75, 3.05) is 19.8 Å². The molecule has 2 amide bonds. The Balaban J connectivity index is 1.41. The van der Waals surface area contributed by atoms with Crippen LogP contribution in [-0.4, -0.2) is 41.4 Å². The van der Waals surface area contributed by atoms with Crippen molar-refractivity contribution in [2.24, 2.45) is 11.8 Å². The summed E-state index contributed by atoms with van der Waals surface area (Å²) in [6.45, 7) is 2.10. The van der Waals surface area contributed by atoms with E-state index in [9.17, 15) is 9.59 Å². The van der Waals surface area contributed by atoms with Gasteiger partial charge in [-0.15, -0.1) is 0 Å². The van der Waals surface area contributed by atoms with Crippen LogP contribution in [0.3, 0.4) is 0 Å². The number of likely N-dealkylation sites (tertiary alicyclic amines) is 1. The molecule has 2 heterocycles. The minimum Gasteiger partial charge on any atom is -0.282 e. The average molecular weight is 322 g/mol. The van der Waals surface area contributed by atoms with Crippen LogP contribution in [0.15, 0.2) is 48.6 Å². The first-order valence-corrected chi connectivity index (χ1v) is 8.71. The number of hydrogen-bond donors (Lipinski definition) is 0. The molecule has 3 aliphatic rings. The van der Waals surface area contributed by atoms with Crippen molar-refractivity contribution in [3.63, 3.8) is 0 Å². The normalized spacial score (nSPS) is 27.3. The largest absolute Gasteiger partial charge is 0.282 e. The molecule has 124 valence electrons. The van der Waals surface area contributed by atoms with Gasteiger partial charge in [-0.3, -0.25) is 19.4 Å². The Morgan fingerprint density at radius 3 is 2.21 bits per heavy atom. The first-order valence-electron chi connectivity index (χ1n) is 8.71. The molecule has 4 nitrogen and oxygen atoms in total. The molecule has 4 heteroatoms. The van der Waals surface area contributed by atoms with E-state index in [0.717, 1.165) is 19.5 Å². The van der Waals surface area contributed by atoms with Crippen LogP contribution < -0.4 is 0 Å². The molecular formula is C20H22N2O2. The predicted molar refractivity (Wildman–Crippen MR) is 92.7 cm³/mol. The molecular weight excluding hydrogens is 300 g/mol. The molecule has 0 bridgehead atoms. The van der Waals surface area contributed by atoms with Gasteiger partial charge in [0, 0.05) is 13.1 Å². The number of allylic oxidation sites excluding steroid dienone is 2. The van der Waals surface area contributed by atoms with Gasteiger partial charge in [0.25, 0.3) is 0 Å². The SMILES string of the molecule is O=C1[C@H]2CC=CC[C@@H]2C(=O)N1CN1CC=C(c2ccccc2)CC1. The zero-order chi connectivity index (χ0) is 16.5. The van der Waals surface area contributed by atoms with Crippen LogP contribution in [0.5, 0.6) is 0 Å². The third-order valence-electron chi connectivity index (χ3n) is 5.38. The summed E-state index contributed by atoms with van der Waals surface area (Å²) in [7, 11) is 0. The Hall–Kier alpha value is -2.20. The first kappa shape index (κ1) is 15.3. The molecule has 2 atom stereocenters. The second-order valence-corrected chi connectivity index (χ2v) is 6.82. The van der Waals surface area contributed by atoms with Gasteiger partial charge in [0.15, 0.2) is 0 Å². The fourth-order valence-corrected chi connectivity index (χ4v) is 3.96. The number of carbonyl (C=O) groups excluding carboxylic acids is 2. The number of amides is 2. The summed E-state index contributed by atoms with van der Waals surface area (Å²) in [6, 6.07) is 10.4. The summed E-state index contributed by atoms with van der Waals surface area (Å²) in [5, 5.41) is 0. The lowest BCUT2D eigenvalue weighted by molar-refractivity contribution is -0.142. The van der Waals surface area contributed by atoms with Crippen molar-refractivity contribution >= 4 is 17.4 Å². The highest BCUT2D eigenvalue weighted by molar-refractivity contribution is 6.05. The van der Waals surface area contributed by atoms with Crippen LogP contribution >= 0.6 is 0 Å². The third-order valence-corrected chi connectivity index (χ3v) is 5.38. The lowest BCUT2D eigenvalue weighted by Gasteiger charge is -2.29. The molecule has 1 aromatic carbocycles. The van der Waals surface area contributed by atoms with Gasteiger partial charge in [-0.05, 0) is 30.4 Å². The molecule has 0 aromatic heterocycles. The molecule has 0 spiro atoms. The van der Waals surface area contributed by atoms with E-state index < -0.39 is 0 Å². The van der Waals surface area contributed by atoms with E-state index in [1.54, 1.807) is 0 Å². The van der Waals surface area contributed by atoms with Crippen molar-refractivity contribution in [3.8, 4) is 0 Å². The Bertz CT molecular complexity index is 682. The fourth-order valence-electron chi connectivity index (χ4n) is 3.96. The van der Waals surface area contributed by atoms with E-state index in [0.29, 0.717) is 19.5 Å². The van der Waals surface area contributed by atoms with Crippen LogP contribution in [0.2, 0.25) is 0 Å². The maximum Gasteiger partial charge on any atom is 0.234 e. The molecule has 0 unspecified atom stereocenters. The van der Waals surface area contributed by atoms with E-state index in [-0.39, 0.29) is 23.7 Å². The first-order chi connectivity index (χ1) is 11.7. The topological polar surface area (TPSA) is 40.6 Å². The number of benzene rings is 1. The second-order valence-electron chi connectivity index (χ2n) is 6.82. The predicted octanol–water partition coefficient (Wildman–Crippen LogP) is 2.68. The zero-order valence-corrected chi connectivity index (χ0v) is 13.7. The van der Waals surface area contributed by atoms with Gasteiger partial charge in [0.1, 0.15) is 0 Å². The van der Waals surface area contributed by atoms with Crippen molar-refractivity contribution in [3.05, 3.63) is 54.1 Å². The molecule has 0 saturated carbocycles. The molecule has 1 aliphatic carbocycles. The summed E-state index contributed by atoms with van der Waals surface area (Å²) >= 11 is 0. The van der Waals surface area contributed by atoms with Gasteiger partial charge in [-0.25, -0.2) is 0 Å². The van der Waals surface area contributed by atoms with Gasteiger partial charge in [0.05, 0.1) is 18.5 Å². The van der Waals surface area contributed by atoms with Crippen LogP contribution in [0.4, 0.5) is 0 Å². The van der Waals surface area contributed by atoms with Crippen LogP contribution in [-0.2, 0) is 9.59 Å². The van der Waals surface area contributed by atoms with Crippen LogP contribution in [0.1, 0.15) is 24.8 Å². The molecule has 4 rings (SSSR count). The molecule has 1 saturated heterocycles. The number of imide groups is 1. The van der Waals surface area contributed by atoms with Crippen molar-refractivity contribution < 1.29 is 9.59 Å². The molecule has 1 aromatic rings. The zero-order valence-electron chi connectivity index (χ0n) is 13.7. The minimum absolute atomic E-state index is 0.0205. The van der Waals surface area contributed by atoms with E-state index in [1.165, 1.54) is 16.0 Å². The van der Waals surface area contributed by atoms with Gasteiger partial charge >= 0.3 is 0 Å². The number of nitrogens with zero attached hydrogens (tertiary/aromatic N) is 2. The Kier molecular flexibility index (Phi) is 4.07. The van der Waals surface area contributed by atoms with Crippen molar-refractivity contribution in [1.82, 2.24) is 9.80 Å². The number of hydrogen-bond acceptors (Lipinski definition) is 3. The standard InChI is InChI=1S/C20H22N2O2/c23-19-17-8-4-5-9-18(17)20(24)22(19)14-21-12-10-16(11-13-21)15-6-2-1-3-7-15/h1-7,10,17-18H,8-9,11-14H2/t17-,18-/m0/s1. The molecule has 24 heavy (non-hydrogen) atoms. The second kappa shape index (κ2) is 6.36. The Morgan fingerprint density at radius 2 is 1.62 bits per heavy atom. The lowest BCUT2D eigenvalue weighted by Crippen LogP contribution is -2.43. The minimum atomic E-state index is -0.122. The maximum atomic E-state index is 12.5. The summed E-state index contributed by atoms with van der Waals surface area (Å²) in [5.41, 5.74) is 2.62. The fraction of sp³-hybridized carbons (Fsp3) is 0.400. The average Bonchev–Trinajstić information content (AvgIpc) is 2.88. The van der Waals surface area contributed by atoms with Gasteiger partial charge < -0.3 is 0 Å². The summed E-state index contributed by atoms with van der Waals surface area (Å²) < 4.78 is 0. The highest BCUT2D eigenvalue weighted by Crippen LogP contribution is 2.35. The third kappa shape index (κ3) is 2.71.